The number of amides is 1. The van der Waals surface area contributed by atoms with Gasteiger partial charge in [-0.25, -0.2) is 12.8 Å². The van der Waals surface area contributed by atoms with Crippen molar-refractivity contribution in [3.05, 3.63) is 35.8 Å². The molecule has 118 valence electrons. The van der Waals surface area contributed by atoms with Crippen molar-refractivity contribution < 1.29 is 17.6 Å². The Bertz CT molecular complexity index is 828. The zero-order chi connectivity index (χ0) is 15.9. The summed E-state index contributed by atoms with van der Waals surface area (Å²) in [5.74, 6) is -0.566. The first-order valence-corrected chi connectivity index (χ1v) is 9.02. The van der Waals surface area contributed by atoms with Crippen LogP contribution in [0.3, 0.4) is 0 Å². The number of sulfone groups is 1. The molecule has 22 heavy (non-hydrogen) atoms. The van der Waals surface area contributed by atoms with Crippen LogP contribution in [0, 0.1) is 5.82 Å². The van der Waals surface area contributed by atoms with Gasteiger partial charge in [0.15, 0.2) is 9.84 Å². The largest absolute Gasteiger partial charge is 0.350 e. The lowest BCUT2D eigenvalue weighted by Crippen LogP contribution is -2.41. The average Bonchev–Trinajstić information content (AvgIpc) is 3.04. The van der Waals surface area contributed by atoms with Crippen molar-refractivity contribution in [2.24, 2.45) is 0 Å². The standard InChI is InChI=1S/C15H17FN2O3S/c1-2-18(10-6-7-22(20,21)9-10)15(19)14-8-11-12(16)4-3-5-13(11)17-14/h3-5,8,10,17H,2,6-7,9H2,1H3. The SMILES string of the molecule is CCN(C(=O)c1cc2c(F)cccc2[nH]1)C1CCS(=O)(=O)C1. The number of fused-ring (bicyclic) bond motifs is 1. The highest BCUT2D eigenvalue weighted by molar-refractivity contribution is 7.91. The third kappa shape index (κ3) is 2.61. The fraction of sp³-hybridized carbons (Fsp3) is 0.400. The van der Waals surface area contributed by atoms with Crippen LogP contribution in [0.1, 0.15) is 23.8 Å². The first-order valence-electron chi connectivity index (χ1n) is 7.20. The number of aromatic nitrogens is 1. The van der Waals surface area contributed by atoms with Gasteiger partial charge in [-0.15, -0.1) is 0 Å². The molecule has 1 N–H and O–H groups in total. The molecule has 7 heteroatoms. The molecule has 0 bridgehead atoms. The van der Waals surface area contributed by atoms with E-state index in [9.17, 15) is 17.6 Å². The number of benzene rings is 1. The van der Waals surface area contributed by atoms with Crippen LogP contribution in [0.2, 0.25) is 0 Å². The summed E-state index contributed by atoms with van der Waals surface area (Å²) in [5, 5.41) is 0.362. The molecule has 0 aliphatic carbocycles. The first kappa shape index (κ1) is 15.0. The molecule has 0 spiro atoms. The molecular formula is C15H17FN2O3S. The van der Waals surface area contributed by atoms with Gasteiger partial charge in [-0.05, 0) is 31.5 Å². The molecule has 1 unspecified atom stereocenters. The van der Waals surface area contributed by atoms with E-state index in [4.69, 9.17) is 0 Å². The topological polar surface area (TPSA) is 70.2 Å². The molecule has 1 atom stereocenters. The van der Waals surface area contributed by atoms with E-state index < -0.39 is 9.84 Å². The van der Waals surface area contributed by atoms with E-state index in [1.165, 1.54) is 12.1 Å². The van der Waals surface area contributed by atoms with Crippen LogP contribution in [0.5, 0.6) is 0 Å². The van der Waals surface area contributed by atoms with Crippen LogP contribution in [-0.2, 0) is 9.84 Å². The molecule has 2 heterocycles. The third-order valence-corrected chi connectivity index (χ3v) is 5.84. The summed E-state index contributed by atoms with van der Waals surface area (Å²) < 4.78 is 36.9. The molecule has 1 aliphatic heterocycles. The highest BCUT2D eigenvalue weighted by Crippen LogP contribution is 2.23. The minimum atomic E-state index is -3.06. The minimum Gasteiger partial charge on any atom is -0.350 e. The van der Waals surface area contributed by atoms with Crippen molar-refractivity contribution in [3.8, 4) is 0 Å². The van der Waals surface area contributed by atoms with Gasteiger partial charge in [0.05, 0.1) is 11.5 Å². The van der Waals surface area contributed by atoms with Gasteiger partial charge in [0.2, 0.25) is 0 Å². The number of nitrogens with zero attached hydrogens (tertiary/aromatic N) is 1. The van der Waals surface area contributed by atoms with Crippen molar-refractivity contribution in [1.82, 2.24) is 9.88 Å². The zero-order valence-electron chi connectivity index (χ0n) is 12.2. The van der Waals surface area contributed by atoms with E-state index in [0.717, 1.165) is 0 Å². The van der Waals surface area contributed by atoms with Crippen LogP contribution in [-0.4, -0.2) is 48.3 Å². The Morgan fingerprint density at radius 1 is 1.45 bits per heavy atom. The summed E-state index contributed by atoms with van der Waals surface area (Å²) in [4.78, 5) is 17.1. The van der Waals surface area contributed by atoms with E-state index in [0.29, 0.717) is 23.9 Å². The van der Waals surface area contributed by atoms with Gasteiger partial charge in [-0.1, -0.05) is 6.07 Å². The molecular weight excluding hydrogens is 307 g/mol. The maximum Gasteiger partial charge on any atom is 0.270 e. The molecule has 5 nitrogen and oxygen atoms in total. The van der Waals surface area contributed by atoms with E-state index in [-0.39, 0.29) is 35.0 Å². The minimum absolute atomic E-state index is 0.00116. The highest BCUT2D eigenvalue weighted by atomic mass is 32.2. The number of carbonyl (C=O) groups is 1. The lowest BCUT2D eigenvalue weighted by Gasteiger charge is -2.26. The van der Waals surface area contributed by atoms with Gasteiger partial charge in [-0.2, -0.15) is 0 Å². The Morgan fingerprint density at radius 3 is 2.82 bits per heavy atom. The van der Waals surface area contributed by atoms with Crippen molar-refractivity contribution in [1.29, 1.82) is 0 Å². The van der Waals surface area contributed by atoms with E-state index in [1.807, 2.05) is 6.92 Å². The molecule has 1 aromatic heterocycles. The second-order valence-electron chi connectivity index (χ2n) is 5.53. The Hall–Kier alpha value is -1.89. The quantitative estimate of drug-likeness (QED) is 0.938. The molecule has 1 saturated heterocycles. The maximum absolute atomic E-state index is 13.7. The number of halogens is 1. The Labute approximate surface area is 128 Å². The van der Waals surface area contributed by atoms with Crippen molar-refractivity contribution >= 4 is 26.6 Å². The zero-order valence-corrected chi connectivity index (χ0v) is 13.0. The van der Waals surface area contributed by atoms with Gasteiger partial charge < -0.3 is 9.88 Å². The van der Waals surface area contributed by atoms with E-state index in [1.54, 1.807) is 17.0 Å². The maximum atomic E-state index is 13.7. The van der Waals surface area contributed by atoms with Crippen LogP contribution in [0.15, 0.2) is 24.3 Å². The fourth-order valence-electron chi connectivity index (χ4n) is 2.98. The first-order chi connectivity index (χ1) is 10.4. The predicted octanol–water partition coefficient (Wildman–Crippen LogP) is 1.96. The average molecular weight is 324 g/mol. The van der Waals surface area contributed by atoms with Crippen LogP contribution < -0.4 is 0 Å². The number of hydrogen-bond donors (Lipinski definition) is 1. The highest BCUT2D eigenvalue weighted by Gasteiger charge is 2.34. The van der Waals surface area contributed by atoms with Crippen LogP contribution in [0.4, 0.5) is 4.39 Å². The lowest BCUT2D eigenvalue weighted by molar-refractivity contribution is 0.0703. The number of aromatic amines is 1. The lowest BCUT2D eigenvalue weighted by atomic mass is 10.2. The molecule has 0 saturated carbocycles. The normalized spacial score (nSPS) is 20.4. The second-order valence-corrected chi connectivity index (χ2v) is 7.76. The van der Waals surface area contributed by atoms with E-state index >= 15 is 0 Å². The molecule has 1 amide bonds. The van der Waals surface area contributed by atoms with Gasteiger partial charge in [0.1, 0.15) is 11.5 Å². The monoisotopic (exact) mass is 324 g/mol. The summed E-state index contributed by atoms with van der Waals surface area (Å²) in [7, 11) is -3.06. The fourth-order valence-corrected chi connectivity index (χ4v) is 4.71. The number of rotatable bonds is 3. The summed E-state index contributed by atoms with van der Waals surface area (Å²) in [6, 6.07) is 5.79. The summed E-state index contributed by atoms with van der Waals surface area (Å²) in [6.45, 7) is 2.23. The van der Waals surface area contributed by atoms with Crippen LogP contribution >= 0.6 is 0 Å². The number of hydrogen-bond acceptors (Lipinski definition) is 3. The molecule has 0 radical (unpaired) electrons. The third-order valence-electron chi connectivity index (χ3n) is 4.09. The van der Waals surface area contributed by atoms with Crippen LogP contribution in [0.25, 0.3) is 10.9 Å². The summed E-state index contributed by atoms with van der Waals surface area (Å²) in [6.07, 6.45) is 0.455. The molecule has 1 fully saturated rings. The van der Waals surface area contributed by atoms with Crippen molar-refractivity contribution in [2.45, 2.75) is 19.4 Å². The van der Waals surface area contributed by atoms with Gasteiger partial charge in [0.25, 0.3) is 5.91 Å². The van der Waals surface area contributed by atoms with Gasteiger partial charge in [-0.3, -0.25) is 4.79 Å². The van der Waals surface area contributed by atoms with Crippen molar-refractivity contribution in [2.75, 3.05) is 18.1 Å². The van der Waals surface area contributed by atoms with Gasteiger partial charge in [0, 0.05) is 23.5 Å². The number of carbonyl (C=O) groups excluding carboxylic acids is 1. The molecule has 1 aliphatic rings. The second kappa shape index (κ2) is 5.39. The predicted molar refractivity (Wildman–Crippen MR) is 82.0 cm³/mol. The summed E-state index contributed by atoms with van der Waals surface area (Å²) >= 11 is 0. The molecule has 3 rings (SSSR count). The molecule has 2 aromatic rings. The van der Waals surface area contributed by atoms with Crippen molar-refractivity contribution in [3.63, 3.8) is 0 Å². The Kier molecular flexibility index (Phi) is 3.68. The van der Waals surface area contributed by atoms with Gasteiger partial charge >= 0.3 is 0 Å². The van der Waals surface area contributed by atoms with E-state index in [2.05, 4.69) is 4.98 Å². The smallest absolute Gasteiger partial charge is 0.270 e. The molecule has 1 aromatic carbocycles. The Balaban J connectivity index is 1.92. The summed E-state index contributed by atoms with van der Waals surface area (Å²) in [5.41, 5.74) is 0.838. The number of H-pyrrole nitrogens is 1. The Morgan fingerprint density at radius 2 is 2.23 bits per heavy atom. The number of nitrogens with one attached hydrogen (secondary N) is 1.